The molecule has 0 spiro atoms. The number of hydrogen-bond donors (Lipinski definition) is 3. The zero-order valence-corrected chi connectivity index (χ0v) is 16.3. The topological polar surface area (TPSA) is 105 Å². The first-order valence-corrected chi connectivity index (χ1v) is 9.54. The molecule has 0 bridgehead atoms. The van der Waals surface area contributed by atoms with E-state index in [0.717, 1.165) is 5.56 Å². The molecule has 1 aliphatic heterocycles. The number of aliphatic hydroxyl groups is 2. The largest absolute Gasteiger partial charge is 0.387 e. The minimum Gasteiger partial charge on any atom is -0.387 e. The highest BCUT2D eigenvalue weighted by Crippen LogP contribution is 2.33. The van der Waals surface area contributed by atoms with Crippen molar-refractivity contribution < 1.29 is 14.9 Å². The number of anilines is 1. The molecule has 3 heterocycles. The SMILES string of the molecule is CC(C)(Nc1ncnc2c1ncn2[C@@H]1O[C@H](CCl)[C@@H](O)[C@H]1O)c1ccccc1. The van der Waals surface area contributed by atoms with Crippen molar-refractivity contribution in [2.45, 2.75) is 43.9 Å². The molecule has 1 saturated heterocycles. The molecule has 0 unspecified atom stereocenters. The van der Waals surface area contributed by atoms with E-state index in [4.69, 9.17) is 16.3 Å². The molecule has 2 aromatic heterocycles. The lowest BCUT2D eigenvalue weighted by atomic mass is 9.94. The quantitative estimate of drug-likeness (QED) is 0.560. The molecule has 4 atom stereocenters. The van der Waals surface area contributed by atoms with Crippen molar-refractivity contribution in [2.75, 3.05) is 11.2 Å². The molecule has 0 aliphatic carbocycles. The lowest BCUT2D eigenvalue weighted by Gasteiger charge is -2.27. The van der Waals surface area contributed by atoms with Crippen LogP contribution in [-0.2, 0) is 10.3 Å². The zero-order chi connectivity index (χ0) is 19.9. The van der Waals surface area contributed by atoms with Crippen molar-refractivity contribution in [2.24, 2.45) is 0 Å². The van der Waals surface area contributed by atoms with Gasteiger partial charge in [0.25, 0.3) is 0 Å². The number of alkyl halides is 1. The van der Waals surface area contributed by atoms with E-state index in [-0.39, 0.29) is 5.88 Å². The van der Waals surface area contributed by atoms with Gasteiger partial charge in [0.1, 0.15) is 24.6 Å². The van der Waals surface area contributed by atoms with E-state index in [1.54, 1.807) is 4.57 Å². The molecule has 0 radical (unpaired) electrons. The first kappa shape index (κ1) is 19.1. The van der Waals surface area contributed by atoms with Gasteiger partial charge in [-0.3, -0.25) is 4.57 Å². The second kappa shape index (κ2) is 7.29. The molecule has 3 N–H and O–H groups in total. The molecule has 0 saturated carbocycles. The van der Waals surface area contributed by atoms with Gasteiger partial charge in [-0.2, -0.15) is 0 Å². The van der Waals surface area contributed by atoms with Crippen LogP contribution in [0.4, 0.5) is 5.82 Å². The normalized spacial score (nSPS) is 25.3. The summed E-state index contributed by atoms with van der Waals surface area (Å²) in [6.45, 7) is 4.11. The van der Waals surface area contributed by atoms with Gasteiger partial charge < -0.3 is 20.3 Å². The molecule has 28 heavy (non-hydrogen) atoms. The third kappa shape index (κ3) is 3.22. The van der Waals surface area contributed by atoms with Gasteiger partial charge >= 0.3 is 0 Å². The number of aromatic nitrogens is 4. The molecule has 3 aromatic rings. The molecule has 148 valence electrons. The molecule has 1 aliphatic rings. The van der Waals surface area contributed by atoms with E-state index in [1.165, 1.54) is 12.7 Å². The minimum atomic E-state index is -1.13. The number of halogens is 1. The van der Waals surface area contributed by atoms with E-state index >= 15 is 0 Å². The number of hydrogen-bond acceptors (Lipinski definition) is 7. The highest BCUT2D eigenvalue weighted by atomic mass is 35.5. The number of ether oxygens (including phenoxy) is 1. The van der Waals surface area contributed by atoms with Crippen LogP contribution in [0.25, 0.3) is 11.2 Å². The summed E-state index contributed by atoms with van der Waals surface area (Å²) in [5, 5.41) is 23.9. The van der Waals surface area contributed by atoms with Crippen molar-refractivity contribution in [1.29, 1.82) is 0 Å². The molecule has 4 rings (SSSR count). The number of nitrogens with one attached hydrogen (secondary N) is 1. The minimum absolute atomic E-state index is 0.0778. The van der Waals surface area contributed by atoms with Gasteiger partial charge in [-0.25, -0.2) is 15.0 Å². The van der Waals surface area contributed by atoms with E-state index in [9.17, 15) is 10.2 Å². The summed E-state index contributed by atoms with van der Waals surface area (Å²) in [5.74, 6) is 0.647. The highest BCUT2D eigenvalue weighted by Gasteiger charge is 2.44. The fourth-order valence-electron chi connectivity index (χ4n) is 3.44. The Bertz CT molecular complexity index is 965. The number of imidazole rings is 1. The summed E-state index contributed by atoms with van der Waals surface area (Å²) >= 11 is 5.81. The van der Waals surface area contributed by atoms with Crippen LogP contribution in [0.5, 0.6) is 0 Å². The van der Waals surface area contributed by atoms with Crippen LogP contribution < -0.4 is 5.32 Å². The smallest absolute Gasteiger partial charge is 0.167 e. The maximum atomic E-state index is 10.4. The van der Waals surface area contributed by atoms with Gasteiger partial charge in [0.15, 0.2) is 23.2 Å². The van der Waals surface area contributed by atoms with Gasteiger partial charge in [-0.15, -0.1) is 11.6 Å². The Morgan fingerprint density at radius 2 is 1.89 bits per heavy atom. The maximum absolute atomic E-state index is 10.4. The third-order valence-electron chi connectivity index (χ3n) is 5.05. The second-order valence-corrected chi connectivity index (χ2v) is 7.67. The number of fused-ring (bicyclic) bond motifs is 1. The molecule has 0 amide bonds. The number of nitrogens with zero attached hydrogens (tertiary/aromatic N) is 4. The summed E-state index contributed by atoms with van der Waals surface area (Å²) in [7, 11) is 0. The fraction of sp³-hybridized carbons (Fsp3) is 0.421. The molecule has 8 nitrogen and oxygen atoms in total. The van der Waals surface area contributed by atoms with Crippen molar-refractivity contribution in [1.82, 2.24) is 19.5 Å². The number of rotatable bonds is 5. The monoisotopic (exact) mass is 403 g/mol. The van der Waals surface area contributed by atoms with Crippen LogP contribution in [0.15, 0.2) is 43.0 Å². The first-order chi connectivity index (χ1) is 13.4. The molecule has 1 aromatic carbocycles. The van der Waals surface area contributed by atoms with Gasteiger partial charge in [-0.1, -0.05) is 30.3 Å². The Morgan fingerprint density at radius 1 is 1.14 bits per heavy atom. The lowest BCUT2D eigenvalue weighted by Crippen LogP contribution is -2.32. The van der Waals surface area contributed by atoms with Crippen molar-refractivity contribution >= 4 is 28.6 Å². The second-order valence-electron chi connectivity index (χ2n) is 7.36. The van der Waals surface area contributed by atoms with Crippen molar-refractivity contribution in [3.63, 3.8) is 0 Å². The van der Waals surface area contributed by atoms with Crippen LogP contribution >= 0.6 is 11.6 Å². The molecule has 9 heteroatoms. The van der Waals surface area contributed by atoms with E-state index < -0.39 is 30.1 Å². The van der Waals surface area contributed by atoms with E-state index in [1.807, 2.05) is 30.3 Å². The average Bonchev–Trinajstić information content (AvgIpc) is 3.24. The Hall–Kier alpha value is -2.26. The van der Waals surface area contributed by atoms with Crippen LogP contribution in [0.2, 0.25) is 0 Å². The van der Waals surface area contributed by atoms with Crippen LogP contribution in [0, 0.1) is 0 Å². The Morgan fingerprint density at radius 3 is 2.57 bits per heavy atom. The summed E-state index contributed by atoms with van der Waals surface area (Å²) < 4.78 is 7.30. The van der Waals surface area contributed by atoms with Gasteiger partial charge in [-0.05, 0) is 19.4 Å². The maximum Gasteiger partial charge on any atom is 0.167 e. The predicted octanol–water partition coefficient (Wildman–Crippen LogP) is 2.03. The van der Waals surface area contributed by atoms with Gasteiger partial charge in [0.2, 0.25) is 0 Å². The Kier molecular flexibility index (Phi) is 4.96. The standard InChI is InChI=1S/C19H22ClN5O3/c1-19(2,11-6-4-3-5-7-11)24-16-13-17(22-9-21-16)25(10-23-13)18-15(27)14(26)12(8-20)28-18/h3-7,9-10,12,14-15,18,26-27H,8H2,1-2H3,(H,21,22,24)/t12-,14-,15-,18-/m1/s1. The summed E-state index contributed by atoms with van der Waals surface area (Å²) in [6.07, 6.45) is -0.730. The number of benzene rings is 1. The van der Waals surface area contributed by atoms with E-state index in [0.29, 0.717) is 17.0 Å². The van der Waals surface area contributed by atoms with E-state index in [2.05, 4.69) is 34.1 Å². The van der Waals surface area contributed by atoms with Crippen molar-refractivity contribution in [3.05, 3.63) is 48.5 Å². The third-order valence-corrected chi connectivity index (χ3v) is 5.35. The predicted molar refractivity (Wildman–Crippen MR) is 105 cm³/mol. The van der Waals surface area contributed by atoms with Crippen LogP contribution in [0.1, 0.15) is 25.6 Å². The molecule has 1 fully saturated rings. The van der Waals surface area contributed by atoms with Gasteiger partial charge in [0, 0.05) is 0 Å². The summed E-state index contributed by atoms with van der Waals surface area (Å²) in [6, 6.07) is 10.0. The highest BCUT2D eigenvalue weighted by molar-refractivity contribution is 6.18. The zero-order valence-electron chi connectivity index (χ0n) is 15.5. The number of aliphatic hydroxyl groups excluding tert-OH is 2. The van der Waals surface area contributed by atoms with Gasteiger partial charge in [0.05, 0.1) is 17.7 Å². The Labute approximate surface area is 167 Å². The lowest BCUT2D eigenvalue weighted by molar-refractivity contribution is -0.0291. The summed E-state index contributed by atoms with van der Waals surface area (Å²) in [5.41, 5.74) is 1.75. The van der Waals surface area contributed by atoms with Crippen LogP contribution in [-0.4, -0.2) is 53.9 Å². The van der Waals surface area contributed by atoms with Crippen molar-refractivity contribution in [3.8, 4) is 0 Å². The fourth-order valence-corrected chi connectivity index (χ4v) is 3.69. The van der Waals surface area contributed by atoms with Crippen LogP contribution in [0.3, 0.4) is 0 Å². The molecular weight excluding hydrogens is 382 g/mol. The average molecular weight is 404 g/mol. The summed E-state index contributed by atoms with van der Waals surface area (Å²) in [4.78, 5) is 13.1. The first-order valence-electron chi connectivity index (χ1n) is 9.01. The molecular formula is C19H22ClN5O3. The Balaban J connectivity index is 1.68.